The van der Waals surface area contributed by atoms with E-state index in [4.69, 9.17) is 13.9 Å². The summed E-state index contributed by atoms with van der Waals surface area (Å²) in [7, 11) is 3.14. The molecule has 0 aromatic carbocycles. The van der Waals surface area contributed by atoms with Crippen LogP contribution in [0.15, 0.2) is 28.9 Å². The number of ether oxygens (including phenoxy) is 2. The SMILES string of the molecule is CO[C@@H]1COC[C@@H](N(C)C(=O)/C=C/c2ccco2)[C@@H]1O. The lowest BCUT2D eigenvalue weighted by Gasteiger charge is -2.38. The number of likely N-dealkylation sites (N-methyl/N-ethyl adjacent to an activating group) is 1. The average molecular weight is 281 g/mol. The van der Waals surface area contributed by atoms with Gasteiger partial charge in [-0.3, -0.25) is 4.79 Å². The highest BCUT2D eigenvalue weighted by atomic mass is 16.5. The van der Waals surface area contributed by atoms with Gasteiger partial charge in [-0.15, -0.1) is 0 Å². The summed E-state index contributed by atoms with van der Waals surface area (Å²) in [6.45, 7) is 0.621. The number of amides is 1. The van der Waals surface area contributed by atoms with Crippen LogP contribution in [0.1, 0.15) is 5.76 Å². The van der Waals surface area contributed by atoms with Gasteiger partial charge in [0.05, 0.1) is 25.5 Å². The first-order valence-corrected chi connectivity index (χ1v) is 6.40. The number of aliphatic hydroxyl groups excluding tert-OH is 1. The smallest absolute Gasteiger partial charge is 0.246 e. The molecule has 1 aliphatic heterocycles. The lowest BCUT2D eigenvalue weighted by atomic mass is 10.0. The molecule has 0 bridgehead atoms. The molecule has 2 rings (SSSR count). The van der Waals surface area contributed by atoms with Crippen molar-refractivity contribution in [2.75, 3.05) is 27.4 Å². The van der Waals surface area contributed by atoms with Crippen molar-refractivity contribution in [1.29, 1.82) is 0 Å². The molecule has 0 saturated carbocycles. The summed E-state index contributed by atoms with van der Waals surface area (Å²) in [5, 5.41) is 10.2. The molecule has 2 heterocycles. The Kier molecular flexibility index (Phi) is 4.94. The topological polar surface area (TPSA) is 72.1 Å². The highest BCUT2D eigenvalue weighted by Gasteiger charge is 2.36. The highest BCUT2D eigenvalue weighted by Crippen LogP contribution is 2.16. The monoisotopic (exact) mass is 281 g/mol. The zero-order chi connectivity index (χ0) is 14.5. The Morgan fingerprint density at radius 1 is 1.55 bits per heavy atom. The summed E-state index contributed by atoms with van der Waals surface area (Å²) < 4.78 is 15.6. The molecule has 3 atom stereocenters. The number of hydrogen-bond acceptors (Lipinski definition) is 5. The van der Waals surface area contributed by atoms with Gasteiger partial charge in [0, 0.05) is 20.2 Å². The van der Waals surface area contributed by atoms with Gasteiger partial charge in [0.15, 0.2) is 0 Å². The van der Waals surface area contributed by atoms with E-state index in [9.17, 15) is 9.90 Å². The zero-order valence-electron chi connectivity index (χ0n) is 11.6. The molecule has 1 amide bonds. The molecule has 110 valence electrons. The number of furan rings is 1. The Morgan fingerprint density at radius 2 is 2.35 bits per heavy atom. The van der Waals surface area contributed by atoms with Crippen molar-refractivity contribution in [3.8, 4) is 0 Å². The second kappa shape index (κ2) is 6.69. The molecule has 1 saturated heterocycles. The standard InChI is InChI=1S/C14H19NO5/c1-15(11-8-19-9-12(18-2)14(11)17)13(16)6-5-10-4-3-7-20-10/h3-7,11-12,14,17H,8-9H2,1-2H3/b6-5+/t11-,12-,14+/m1/s1. The van der Waals surface area contributed by atoms with Crippen LogP contribution in [0.3, 0.4) is 0 Å². The van der Waals surface area contributed by atoms with Crippen LogP contribution >= 0.6 is 0 Å². The van der Waals surface area contributed by atoms with Crippen molar-refractivity contribution >= 4 is 12.0 Å². The van der Waals surface area contributed by atoms with Crippen LogP contribution in [-0.4, -0.2) is 61.5 Å². The number of carbonyl (C=O) groups excluding carboxylic acids is 1. The molecular formula is C14H19NO5. The molecule has 1 fully saturated rings. The maximum atomic E-state index is 12.1. The van der Waals surface area contributed by atoms with E-state index in [1.807, 2.05) is 0 Å². The molecule has 0 aliphatic carbocycles. The molecule has 6 nitrogen and oxygen atoms in total. The van der Waals surface area contributed by atoms with E-state index >= 15 is 0 Å². The van der Waals surface area contributed by atoms with E-state index in [0.29, 0.717) is 12.4 Å². The first-order chi connectivity index (χ1) is 9.63. The first-order valence-electron chi connectivity index (χ1n) is 6.40. The molecule has 1 aromatic heterocycles. The minimum atomic E-state index is -0.764. The lowest BCUT2D eigenvalue weighted by Crippen LogP contribution is -2.56. The van der Waals surface area contributed by atoms with Crippen molar-refractivity contribution in [3.63, 3.8) is 0 Å². The van der Waals surface area contributed by atoms with Crippen LogP contribution in [0, 0.1) is 0 Å². The van der Waals surface area contributed by atoms with Crippen molar-refractivity contribution in [2.45, 2.75) is 18.2 Å². The third-order valence-electron chi connectivity index (χ3n) is 3.43. The van der Waals surface area contributed by atoms with Gasteiger partial charge in [-0.1, -0.05) is 0 Å². The van der Waals surface area contributed by atoms with Gasteiger partial charge >= 0.3 is 0 Å². The van der Waals surface area contributed by atoms with Crippen LogP contribution < -0.4 is 0 Å². The first kappa shape index (κ1) is 14.8. The summed E-state index contributed by atoms with van der Waals surface area (Å²) in [6, 6.07) is 3.07. The Morgan fingerprint density at radius 3 is 3.00 bits per heavy atom. The summed E-state index contributed by atoms with van der Waals surface area (Å²) >= 11 is 0. The number of nitrogens with zero attached hydrogens (tertiary/aromatic N) is 1. The fourth-order valence-corrected chi connectivity index (χ4v) is 2.12. The number of hydrogen-bond donors (Lipinski definition) is 1. The molecule has 1 aromatic rings. The number of aliphatic hydroxyl groups is 1. The van der Waals surface area contributed by atoms with Crippen LogP contribution in [0.5, 0.6) is 0 Å². The number of methoxy groups -OCH3 is 1. The van der Waals surface area contributed by atoms with Crippen LogP contribution in [0.2, 0.25) is 0 Å². The minimum Gasteiger partial charge on any atom is -0.465 e. The van der Waals surface area contributed by atoms with Crippen LogP contribution in [0.4, 0.5) is 0 Å². The molecule has 0 radical (unpaired) electrons. The molecule has 0 spiro atoms. The van der Waals surface area contributed by atoms with Gasteiger partial charge in [0.2, 0.25) is 5.91 Å². The maximum absolute atomic E-state index is 12.1. The van der Waals surface area contributed by atoms with E-state index in [2.05, 4.69) is 0 Å². The van der Waals surface area contributed by atoms with Crippen molar-refractivity contribution in [2.24, 2.45) is 0 Å². The predicted molar refractivity (Wildman–Crippen MR) is 71.9 cm³/mol. The number of rotatable bonds is 4. The molecular weight excluding hydrogens is 262 g/mol. The molecule has 0 unspecified atom stereocenters. The van der Waals surface area contributed by atoms with Gasteiger partial charge in [0.25, 0.3) is 0 Å². The third-order valence-corrected chi connectivity index (χ3v) is 3.43. The zero-order valence-corrected chi connectivity index (χ0v) is 11.6. The van der Waals surface area contributed by atoms with Gasteiger partial charge < -0.3 is 23.9 Å². The summed E-state index contributed by atoms with van der Waals surface area (Å²) in [4.78, 5) is 13.5. The van der Waals surface area contributed by atoms with Gasteiger partial charge in [-0.05, 0) is 18.2 Å². The Labute approximate surface area is 117 Å². The van der Waals surface area contributed by atoms with Gasteiger partial charge in [-0.2, -0.15) is 0 Å². The van der Waals surface area contributed by atoms with E-state index in [0.717, 1.165) is 0 Å². The van der Waals surface area contributed by atoms with Crippen molar-refractivity contribution < 1.29 is 23.8 Å². The molecule has 1 aliphatic rings. The van der Waals surface area contributed by atoms with Crippen LogP contribution in [-0.2, 0) is 14.3 Å². The van der Waals surface area contributed by atoms with Gasteiger partial charge in [-0.25, -0.2) is 0 Å². The second-order valence-corrected chi connectivity index (χ2v) is 4.67. The quantitative estimate of drug-likeness (QED) is 0.815. The Balaban J connectivity index is 1.99. The fourth-order valence-electron chi connectivity index (χ4n) is 2.12. The van der Waals surface area contributed by atoms with E-state index in [1.54, 1.807) is 25.3 Å². The summed E-state index contributed by atoms with van der Waals surface area (Å²) in [5.41, 5.74) is 0. The second-order valence-electron chi connectivity index (χ2n) is 4.67. The molecule has 20 heavy (non-hydrogen) atoms. The van der Waals surface area contributed by atoms with Crippen molar-refractivity contribution in [3.05, 3.63) is 30.2 Å². The fraction of sp³-hybridized carbons (Fsp3) is 0.500. The minimum absolute atomic E-state index is 0.231. The molecule has 1 N–H and O–H groups in total. The van der Waals surface area contributed by atoms with E-state index < -0.39 is 18.2 Å². The maximum Gasteiger partial charge on any atom is 0.246 e. The highest BCUT2D eigenvalue weighted by molar-refractivity contribution is 5.91. The van der Waals surface area contributed by atoms with E-state index in [-0.39, 0.29) is 12.5 Å². The average Bonchev–Trinajstić information content (AvgIpc) is 2.97. The predicted octanol–water partition coefficient (Wildman–Crippen LogP) is 0.526. The normalized spacial score (nSPS) is 26.9. The Hall–Kier alpha value is -1.63. The number of carbonyl (C=O) groups is 1. The Bertz CT molecular complexity index is 456. The van der Waals surface area contributed by atoms with E-state index in [1.165, 1.54) is 24.3 Å². The largest absolute Gasteiger partial charge is 0.465 e. The summed E-state index contributed by atoms with van der Waals surface area (Å²) in [6.07, 6.45) is 3.35. The van der Waals surface area contributed by atoms with Crippen LogP contribution in [0.25, 0.3) is 6.08 Å². The molecule has 6 heteroatoms. The third kappa shape index (κ3) is 3.27. The lowest BCUT2D eigenvalue weighted by molar-refractivity contribution is -0.154. The van der Waals surface area contributed by atoms with Gasteiger partial charge in [0.1, 0.15) is 18.0 Å². The van der Waals surface area contributed by atoms with Crippen molar-refractivity contribution in [1.82, 2.24) is 4.90 Å². The summed E-state index contributed by atoms with van der Waals surface area (Å²) in [5.74, 6) is 0.368.